The second-order valence-electron chi connectivity index (χ2n) is 8.03. The Kier molecular flexibility index (Phi) is 7.60. The number of amides is 2. The van der Waals surface area contributed by atoms with Crippen molar-refractivity contribution in [1.29, 1.82) is 0 Å². The quantitative estimate of drug-likeness (QED) is 0.266. The molecule has 0 aliphatic heterocycles. The summed E-state index contributed by atoms with van der Waals surface area (Å²) in [4.78, 5) is 23.9. The summed E-state index contributed by atoms with van der Waals surface area (Å²) in [6, 6.07) is 9.29. The second kappa shape index (κ2) is 10.7. The molecule has 0 saturated carbocycles. The number of carbonyl (C=O) groups is 1. The number of hydrogen-bond acceptors (Lipinski definition) is 8. The maximum absolute atomic E-state index is 13.1. The summed E-state index contributed by atoms with van der Waals surface area (Å²) in [5.74, 6) is 0.702. The number of aromatic nitrogens is 3. The molecule has 0 bridgehead atoms. The molecule has 0 spiro atoms. The normalized spacial score (nSPS) is 11.6. The molecule has 2 amide bonds. The van der Waals surface area contributed by atoms with E-state index in [-0.39, 0.29) is 11.7 Å². The summed E-state index contributed by atoms with van der Waals surface area (Å²) in [6.07, 6.45) is -0.110. The molecule has 2 aromatic carbocycles. The van der Waals surface area contributed by atoms with Crippen LogP contribution in [-0.4, -0.2) is 35.7 Å². The van der Waals surface area contributed by atoms with Gasteiger partial charge in [0.15, 0.2) is 9.84 Å². The third-order valence-corrected chi connectivity index (χ3v) is 6.46. The predicted molar refractivity (Wildman–Crippen MR) is 138 cm³/mol. The molecule has 10 nitrogen and oxygen atoms in total. The zero-order chi connectivity index (χ0) is 28.4. The van der Waals surface area contributed by atoms with Gasteiger partial charge in [0.25, 0.3) is 0 Å². The first-order valence-electron chi connectivity index (χ1n) is 10.8. The van der Waals surface area contributed by atoms with Crippen LogP contribution in [0.15, 0.2) is 72.0 Å². The Bertz CT molecular complexity index is 1630. The molecule has 0 saturated heterocycles. The van der Waals surface area contributed by atoms with Crippen molar-refractivity contribution in [3.8, 4) is 22.9 Å². The Balaban J connectivity index is 1.43. The average Bonchev–Trinajstić information content (AvgIpc) is 2.86. The molecule has 4 aromatic rings. The van der Waals surface area contributed by atoms with Gasteiger partial charge in [-0.25, -0.2) is 28.2 Å². The Morgan fingerprint density at radius 1 is 0.974 bits per heavy atom. The average molecular weight is 579 g/mol. The van der Waals surface area contributed by atoms with Crippen molar-refractivity contribution in [2.45, 2.75) is 11.1 Å². The molecule has 0 unspecified atom stereocenters. The monoisotopic (exact) mass is 578 g/mol. The van der Waals surface area contributed by atoms with Gasteiger partial charge in [0, 0.05) is 18.0 Å². The van der Waals surface area contributed by atoms with Crippen LogP contribution in [0.2, 0.25) is 5.02 Å². The van der Waals surface area contributed by atoms with Crippen LogP contribution in [0.25, 0.3) is 11.1 Å². The first kappa shape index (κ1) is 27.6. The maximum atomic E-state index is 13.1. The summed E-state index contributed by atoms with van der Waals surface area (Å²) in [5.41, 5.74) is 5.69. The number of ether oxygens (including phenoxy) is 1. The van der Waals surface area contributed by atoms with Gasteiger partial charge in [-0.2, -0.15) is 13.2 Å². The van der Waals surface area contributed by atoms with Crippen molar-refractivity contribution in [2.24, 2.45) is 0 Å². The van der Waals surface area contributed by atoms with E-state index in [0.29, 0.717) is 34.3 Å². The van der Waals surface area contributed by atoms with Gasteiger partial charge in [-0.15, -0.1) is 0 Å². The van der Waals surface area contributed by atoms with Gasteiger partial charge in [-0.3, -0.25) is 0 Å². The first-order valence-corrected chi connectivity index (χ1v) is 13.1. The molecule has 2 heterocycles. The van der Waals surface area contributed by atoms with Crippen LogP contribution >= 0.6 is 11.6 Å². The number of benzene rings is 2. The molecular formula is C24H18ClF3N6O4S. The number of nitrogens with two attached hydrogens (primary N) is 1. The zero-order valence-electron chi connectivity index (χ0n) is 19.8. The molecule has 0 aliphatic rings. The van der Waals surface area contributed by atoms with Crippen molar-refractivity contribution in [2.75, 3.05) is 22.6 Å². The lowest BCUT2D eigenvalue weighted by Crippen LogP contribution is -2.21. The van der Waals surface area contributed by atoms with Crippen LogP contribution < -0.4 is 21.1 Å². The second-order valence-corrected chi connectivity index (χ2v) is 10.4. The predicted octanol–water partition coefficient (Wildman–Crippen LogP) is 5.63. The summed E-state index contributed by atoms with van der Waals surface area (Å²) >= 11 is 5.98. The number of rotatable bonds is 6. The Morgan fingerprint density at radius 2 is 1.64 bits per heavy atom. The minimum atomic E-state index is -4.74. The van der Waals surface area contributed by atoms with Crippen molar-refractivity contribution in [1.82, 2.24) is 15.0 Å². The molecule has 39 heavy (non-hydrogen) atoms. The van der Waals surface area contributed by atoms with E-state index in [1.165, 1.54) is 18.6 Å². The van der Waals surface area contributed by atoms with Crippen LogP contribution in [0.1, 0.15) is 5.56 Å². The largest absolute Gasteiger partial charge is 0.424 e. The van der Waals surface area contributed by atoms with Crippen LogP contribution in [0.3, 0.4) is 0 Å². The van der Waals surface area contributed by atoms with Crippen molar-refractivity contribution in [3.05, 3.63) is 77.7 Å². The summed E-state index contributed by atoms with van der Waals surface area (Å²) in [5, 5.41) is 4.87. The lowest BCUT2D eigenvalue weighted by molar-refractivity contribution is -0.137. The van der Waals surface area contributed by atoms with Gasteiger partial charge in [0.2, 0.25) is 0 Å². The summed E-state index contributed by atoms with van der Waals surface area (Å²) in [6.45, 7) is 0. The number of alkyl halides is 3. The minimum absolute atomic E-state index is 0.0603. The fraction of sp³-hybridized carbons (Fsp3) is 0.0833. The van der Waals surface area contributed by atoms with Crippen LogP contribution in [0.5, 0.6) is 11.8 Å². The Morgan fingerprint density at radius 3 is 2.26 bits per heavy atom. The topological polar surface area (TPSA) is 149 Å². The minimum Gasteiger partial charge on any atom is -0.424 e. The number of urea groups is 1. The van der Waals surface area contributed by atoms with Crippen LogP contribution in [-0.2, 0) is 16.0 Å². The Hall–Kier alpha value is -4.43. The number of nitrogen functional groups attached to an aromatic ring is 1. The summed E-state index contributed by atoms with van der Waals surface area (Å²) in [7, 11) is -3.94. The fourth-order valence-electron chi connectivity index (χ4n) is 3.33. The van der Waals surface area contributed by atoms with Gasteiger partial charge in [-0.05, 0) is 42.0 Å². The Labute approximate surface area is 224 Å². The highest BCUT2D eigenvalue weighted by atomic mass is 35.5. The standard InChI is InChI=1S/C24H18ClF3N6O4S/c1-39(36,37)20-7-4-14(24(26,27)28)8-19(20)34-22(35)33-16-11-31-23(32-12-16)38-17-5-2-13(3-6-17)18-9-15(25)10-30-21(18)29/h2-12H,1H3,(H2,29,30)(H2,33,34,35). The molecule has 4 rings (SSSR count). The van der Waals surface area contributed by atoms with Gasteiger partial charge in [0.1, 0.15) is 11.6 Å². The van der Waals surface area contributed by atoms with Crippen molar-refractivity contribution >= 4 is 44.7 Å². The first-order chi connectivity index (χ1) is 18.3. The molecule has 0 aliphatic carbocycles. The van der Waals surface area contributed by atoms with Gasteiger partial charge in [-0.1, -0.05) is 23.7 Å². The number of halogens is 4. The molecule has 0 atom stereocenters. The van der Waals surface area contributed by atoms with E-state index in [1.54, 1.807) is 30.3 Å². The van der Waals surface area contributed by atoms with Crippen LogP contribution in [0, 0.1) is 0 Å². The van der Waals surface area contributed by atoms with Crippen LogP contribution in [0.4, 0.5) is 35.2 Å². The van der Waals surface area contributed by atoms with Crippen molar-refractivity contribution < 1.29 is 31.1 Å². The lowest BCUT2D eigenvalue weighted by atomic mass is 10.1. The van der Waals surface area contributed by atoms with E-state index < -0.39 is 38.2 Å². The number of nitrogens with one attached hydrogen (secondary N) is 2. The highest BCUT2D eigenvalue weighted by Gasteiger charge is 2.32. The van der Waals surface area contributed by atoms with Crippen molar-refractivity contribution in [3.63, 3.8) is 0 Å². The molecule has 0 fully saturated rings. The SMILES string of the molecule is CS(=O)(=O)c1ccc(C(F)(F)F)cc1NC(=O)Nc1cnc(Oc2ccc(-c3cc(Cl)cnc3N)cc2)nc1. The van der Waals surface area contributed by atoms with E-state index >= 15 is 0 Å². The lowest BCUT2D eigenvalue weighted by Gasteiger charge is -2.14. The smallest absolute Gasteiger partial charge is 0.416 e. The number of anilines is 3. The van der Waals surface area contributed by atoms with Gasteiger partial charge < -0.3 is 21.1 Å². The molecule has 15 heteroatoms. The number of carbonyl (C=O) groups excluding carboxylic acids is 1. The molecule has 202 valence electrons. The van der Waals surface area contributed by atoms with E-state index in [0.717, 1.165) is 17.9 Å². The van der Waals surface area contributed by atoms with E-state index in [1.807, 2.05) is 0 Å². The number of nitrogens with zero attached hydrogens (tertiary/aromatic N) is 3. The highest BCUT2D eigenvalue weighted by molar-refractivity contribution is 7.90. The fourth-order valence-corrected chi connectivity index (χ4v) is 4.32. The molecular weight excluding hydrogens is 561 g/mol. The number of hydrogen-bond donors (Lipinski definition) is 3. The number of sulfone groups is 1. The van der Waals surface area contributed by atoms with Gasteiger partial charge >= 0.3 is 18.2 Å². The van der Waals surface area contributed by atoms with Gasteiger partial charge in [0.05, 0.1) is 39.3 Å². The third-order valence-electron chi connectivity index (χ3n) is 5.10. The molecule has 2 aromatic heterocycles. The third kappa shape index (κ3) is 6.91. The zero-order valence-corrected chi connectivity index (χ0v) is 21.4. The molecule has 0 radical (unpaired) electrons. The molecule has 4 N–H and O–H groups in total. The van der Waals surface area contributed by atoms with E-state index in [4.69, 9.17) is 22.1 Å². The van der Waals surface area contributed by atoms with E-state index in [2.05, 4.69) is 25.6 Å². The highest BCUT2D eigenvalue weighted by Crippen LogP contribution is 2.34. The number of pyridine rings is 1. The van der Waals surface area contributed by atoms with E-state index in [9.17, 15) is 26.4 Å². The summed E-state index contributed by atoms with van der Waals surface area (Å²) < 4.78 is 68.8. The maximum Gasteiger partial charge on any atom is 0.416 e.